The van der Waals surface area contributed by atoms with Crippen molar-refractivity contribution in [1.82, 2.24) is 0 Å². The maximum atomic E-state index is 9.37. The van der Waals surface area contributed by atoms with Crippen LogP contribution in [0.15, 0.2) is 0 Å². The summed E-state index contributed by atoms with van der Waals surface area (Å²) in [5.74, 6) is 0.787. The summed E-state index contributed by atoms with van der Waals surface area (Å²) < 4.78 is 1.22. The molecule has 0 aromatic rings. The molecule has 72 valence electrons. The van der Waals surface area contributed by atoms with Gasteiger partial charge in [-0.25, -0.2) is 0 Å². The Bertz CT molecular complexity index is 167. The van der Waals surface area contributed by atoms with Gasteiger partial charge in [0.1, 0.15) is 0 Å². The molecule has 0 radical (unpaired) electrons. The lowest BCUT2D eigenvalue weighted by atomic mass is 9.67. The standard InChI is InChI=1S/C10H19IO/c1-9(2)8(6-11)4-5-10(9,3)7-12/h8,12H,4-7H2,1-3H3/t8-,10-/m0/s1. The molecule has 1 rings (SSSR count). The highest BCUT2D eigenvalue weighted by Crippen LogP contribution is 2.55. The predicted octanol–water partition coefficient (Wildman–Crippen LogP) is 2.86. The van der Waals surface area contributed by atoms with E-state index in [2.05, 4.69) is 43.4 Å². The third kappa shape index (κ3) is 1.41. The summed E-state index contributed by atoms with van der Waals surface area (Å²) in [5, 5.41) is 9.37. The lowest BCUT2D eigenvalue weighted by molar-refractivity contribution is 0.0314. The highest BCUT2D eigenvalue weighted by atomic mass is 127. The Kier molecular flexibility index (Phi) is 3.09. The summed E-state index contributed by atoms with van der Waals surface area (Å²) in [7, 11) is 0. The molecule has 0 amide bonds. The lowest BCUT2D eigenvalue weighted by Gasteiger charge is -2.40. The third-order valence-corrected chi connectivity index (χ3v) is 5.22. The SMILES string of the molecule is CC1(C)[C@H](CI)CC[C@@]1(C)CO. The van der Waals surface area contributed by atoms with Crippen LogP contribution in [0.25, 0.3) is 0 Å². The second kappa shape index (κ2) is 3.45. The van der Waals surface area contributed by atoms with E-state index in [1.807, 2.05) is 0 Å². The van der Waals surface area contributed by atoms with Crippen LogP contribution in [-0.2, 0) is 0 Å². The van der Waals surface area contributed by atoms with E-state index >= 15 is 0 Å². The molecule has 0 aliphatic heterocycles. The molecule has 2 heteroatoms. The monoisotopic (exact) mass is 282 g/mol. The van der Waals surface area contributed by atoms with Crippen LogP contribution in [0.1, 0.15) is 33.6 Å². The van der Waals surface area contributed by atoms with Crippen LogP contribution in [0.3, 0.4) is 0 Å². The Morgan fingerprint density at radius 1 is 1.42 bits per heavy atom. The number of aliphatic hydroxyl groups is 1. The van der Waals surface area contributed by atoms with E-state index in [1.54, 1.807) is 0 Å². The van der Waals surface area contributed by atoms with Crippen molar-refractivity contribution in [1.29, 1.82) is 0 Å². The maximum Gasteiger partial charge on any atom is 0.0490 e. The van der Waals surface area contributed by atoms with Crippen LogP contribution in [0.2, 0.25) is 0 Å². The van der Waals surface area contributed by atoms with Crippen molar-refractivity contribution in [2.75, 3.05) is 11.0 Å². The highest BCUT2D eigenvalue weighted by Gasteiger charge is 2.50. The predicted molar refractivity (Wildman–Crippen MR) is 60.6 cm³/mol. The second-order valence-electron chi connectivity index (χ2n) is 4.83. The quantitative estimate of drug-likeness (QED) is 0.610. The van der Waals surface area contributed by atoms with E-state index in [0.717, 1.165) is 5.92 Å². The van der Waals surface area contributed by atoms with Crippen molar-refractivity contribution in [3.8, 4) is 0 Å². The molecule has 0 heterocycles. The molecule has 1 saturated carbocycles. The second-order valence-corrected chi connectivity index (χ2v) is 5.71. The first-order chi connectivity index (χ1) is 5.48. The summed E-state index contributed by atoms with van der Waals surface area (Å²) in [6.07, 6.45) is 2.47. The number of hydrogen-bond donors (Lipinski definition) is 1. The van der Waals surface area contributed by atoms with Crippen molar-refractivity contribution in [2.45, 2.75) is 33.6 Å². The van der Waals surface area contributed by atoms with Crippen LogP contribution >= 0.6 is 22.6 Å². The van der Waals surface area contributed by atoms with Crippen molar-refractivity contribution in [3.63, 3.8) is 0 Å². The van der Waals surface area contributed by atoms with Gasteiger partial charge in [0.2, 0.25) is 0 Å². The number of rotatable bonds is 2. The van der Waals surface area contributed by atoms with E-state index in [0.29, 0.717) is 12.0 Å². The van der Waals surface area contributed by atoms with Gasteiger partial charge in [0.05, 0.1) is 0 Å². The van der Waals surface area contributed by atoms with Gasteiger partial charge in [-0.15, -0.1) is 0 Å². The molecule has 12 heavy (non-hydrogen) atoms. The topological polar surface area (TPSA) is 20.2 Å². The average molecular weight is 282 g/mol. The minimum Gasteiger partial charge on any atom is -0.396 e. The normalized spacial score (nSPS) is 40.2. The molecule has 1 aliphatic carbocycles. The number of aliphatic hydroxyl groups excluding tert-OH is 1. The Labute approximate surface area is 89.1 Å². The zero-order valence-electron chi connectivity index (χ0n) is 8.23. The summed E-state index contributed by atoms with van der Waals surface area (Å²) in [6.45, 7) is 7.17. The molecule has 2 atom stereocenters. The number of hydrogen-bond acceptors (Lipinski definition) is 1. The van der Waals surface area contributed by atoms with Gasteiger partial charge in [0.25, 0.3) is 0 Å². The summed E-state index contributed by atoms with van der Waals surface area (Å²) in [6, 6.07) is 0. The molecule has 0 spiro atoms. The van der Waals surface area contributed by atoms with E-state index in [-0.39, 0.29) is 5.41 Å². The molecule has 1 nitrogen and oxygen atoms in total. The van der Waals surface area contributed by atoms with Crippen LogP contribution in [0.4, 0.5) is 0 Å². The van der Waals surface area contributed by atoms with E-state index in [9.17, 15) is 5.11 Å². The minimum atomic E-state index is 0.156. The third-order valence-electron chi connectivity index (χ3n) is 4.16. The zero-order chi connectivity index (χ0) is 9.41. The van der Waals surface area contributed by atoms with Crippen LogP contribution < -0.4 is 0 Å². The molecule has 0 unspecified atom stereocenters. The summed E-state index contributed by atoms with van der Waals surface area (Å²) in [5.41, 5.74) is 0.464. The van der Waals surface area contributed by atoms with Crippen molar-refractivity contribution < 1.29 is 5.11 Å². The summed E-state index contributed by atoms with van der Waals surface area (Å²) >= 11 is 2.47. The van der Waals surface area contributed by atoms with Gasteiger partial charge in [-0.1, -0.05) is 43.4 Å². The fraction of sp³-hybridized carbons (Fsp3) is 1.00. The average Bonchev–Trinajstić information content (AvgIpc) is 2.25. The fourth-order valence-electron chi connectivity index (χ4n) is 2.22. The van der Waals surface area contributed by atoms with Crippen molar-refractivity contribution in [2.24, 2.45) is 16.7 Å². The van der Waals surface area contributed by atoms with Gasteiger partial charge in [0, 0.05) is 11.0 Å². The van der Waals surface area contributed by atoms with Crippen molar-refractivity contribution >= 4 is 22.6 Å². The zero-order valence-corrected chi connectivity index (χ0v) is 10.4. The smallest absolute Gasteiger partial charge is 0.0490 e. The molecule has 1 aliphatic rings. The van der Waals surface area contributed by atoms with Gasteiger partial charge in [-0.3, -0.25) is 0 Å². The number of alkyl halides is 1. The van der Waals surface area contributed by atoms with Crippen LogP contribution in [0.5, 0.6) is 0 Å². The van der Waals surface area contributed by atoms with Crippen LogP contribution in [0, 0.1) is 16.7 Å². The molecule has 1 fully saturated rings. The molecule has 0 saturated heterocycles. The lowest BCUT2D eigenvalue weighted by Crippen LogP contribution is -2.37. The molecule has 1 N–H and O–H groups in total. The van der Waals surface area contributed by atoms with Gasteiger partial charge < -0.3 is 5.11 Å². The van der Waals surface area contributed by atoms with Gasteiger partial charge in [-0.05, 0) is 29.6 Å². The molecule has 0 bridgehead atoms. The first-order valence-corrected chi connectivity index (χ1v) is 6.17. The highest BCUT2D eigenvalue weighted by molar-refractivity contribution is 14.1. The van der Waals surface area contributed by atoms with Gasteiger partial charge >= 0.3 is 0 Å². The maximum absolute atomic E-state index is 9.37. The molecule has 0 aromatic heterocycles. The molecular formula is C10H19IO. The molecule has 0 aromatic carbocycles. The first-order valence-electron chi connectivity index (χ1n) is 4.65. The molecular weight excluding hydrogens is 263 g/mol. The Hall–Kier alpha value is 0.690. The van der Waals surface area contributed by atoms with Crippen LogP contribution in [-0.4, -0.2) is 16.1 Å². The van der Waals surface area contributed by atoms with Crippen molar-refractivity contribution in [3.05, 3.63) is 0 Å². The van der Waals surface area contributed by atoms with E-state index in [4.69, 9.17) is 0 Å². The minimum absolute atomic E-state index is 0.156. The Morgan fingerprint density at radius 3 is 2.25 bits per heavy atom. The largest absolute Gasteiger partial charge is 0.396 e. The van der Waals surface area contributed by atoms with Gasteiger partial charge in [0.15, 0.2) is 0 Å². The van der Waals surface area contributed by atoms with E-state index in [1.165, 1.54) is 17.3 Å². The fourth-order valence-corrected chi connectivity index (χ4v) is 3.76. The first kappa shape index (κ1) is 10.8. The van der Waals surface area contributed by atoms with Gasteiger partial charge in [-0.2, -0.15) is 0 Å². The Balaban J connectivity index is 2.84. The Morgan fingerprint density at radius 2 is 2.00 bits per heavy atom. The summed E-state index contributed by atoms with van der Waals surface area (Å²) in [4.78, 5) is 0. The van der Waals surface area contributed by atoms with E-state index < -0.39 is 0 Å². The number of halogens is 1.